The van der Waals surface area contributed by atoms with E-state index in [1.165, 1.54) is 11.1 Å². The second kappa shape index (κ2) is 5.08. The molecule has 0 aromatic rings. The molecule has 0 spiro atoms. The lowest BCUT2D eigenvalue weighted by molar-refractivity contribution is -0.131. The Labute approximate surface area is 144 Å². The molecule has 0 amide bonds. The van der Waals surface area contributed by atoms with Crippen molar-refractivity contribution >= 4 is 24.2 Å². The van der Waals surface area contributed by atoms with Crippen molar-refractivity contribution in [2.45, 2.75) is 52.4 Å². The van der Waals surface area contributed by atoms with Crippen LogP contribution in [0.2, 0.25) is 0 Å². The molecule has 0 aromatic heterocycles. The molecule has 2 nitrogen and oxygen atoms in total. The molecule has 124 valence electrons. The number of carbonyl (C=O) groups excluding carboxylic acids is 2. The maximum atomic E-state index is 12.5. The van der Waals surface area contributed by atoms with E-state index in [9.17, 15) is 9.59 Å². The quantitative estimate of drug-likeness (QED) is 0.732. The van der Waals surface area contributed by atoms with Gasteiger partial charge in [-0.2, -0.15) is 12.6 Å². The Morgan fingerprint density at radius 1 is 1.09 bits per heavy atom. The predicted octanol–water partition coefficient (Wildman–Crippen LogP) is 4.16. The minimum Gasteiger partial charge on any atom is -0.299 e. The summed E-state index contributed by atoms with van der Waals surface area (Å²) in [5, 5.41) is 0. The molecule has 3 fully saturated rings. The Kier molecular flexibility index (Phi) is 3.46. The van der Waals surface area contributed by atoms with Crippen molar-refractivity contribution in [3.8, 4) is 0 Å². The first-order chi connectivity index (χ1) is 10.9. The van der Waals surface area contributed by atoms with Gasteiger partial charge in [0.15, 0.2) is 5.78 Å². The zero-order chi connectivity index (χ0) is 16.4. The molecule has 0 bridgehead atoms. The smallest absolute Gasteiger partial charge is 0.178 e. The number of hydrogen-bond donors (Lipinski definition) is 1. The molecule has 4 rings (SSSR count). The highest BCUT2D eigenvalue weighted by Crippen LogP contribution is 2.64. The van der Waals surface area contributed by atoms with Crippen LogP contribution in [-0.2, 0) is 9.59 Å². The molecule has 0 radical (unpaired) electrons. The van der Waals surface area contributed by atoms with E-state index in [1.54, 1.807) is 0 Å². The summed E-state index contributed by atoms with van der Waals surface area (Å²) in [5.74, 6) is 3.03. The minimum atomic E-state index is -0.0753. The van der Waals surface area contributed by atoms with Gasteiger partial charge in [-0.3, -0.25) is 9.59 Å². The van der Waals surface area contributed by atoms with E-state index < -0.39 is 0 Å². The lowest BCUT2D eigenvalue weighted by atomic mass is 9.47. The third-order valence-corrected chi connectivity index (χ3v) is 8.11. The molecule has 0 unspecified atom stereocenters. The number of carbonyl (C=O) groups is 2. The molecule has 23 heavy (non-hydrogen) atoms. The van der Waals surface area contributed by atoms with Gasteiger partial charge in [0.2, 0.25) is 0 Å². The van der Waals surface area contributed by atoms with Gasteiger partial charge < -0.3 is 0 Å². The highest BCUT2D eigenvalue weighted by Gasteiger charge is 2.59. The highest BCUT2D eigenvalue weighted by atomic mass is 32.1. The first-order valence-corrected chi connectivity index (χ1v) is 9.64. The van der Waals surface area contributed by atoms with Crippen LogP contribution >= 0.6 is 12.6 Å². The second-order valence-corrected chi connectivity index (χ2v) is 8.75. The van der Waals surface area contributed by atoms with Gasteiger partial charge in [-0.25, -0.2) is 0 Å². The van der Waals surface area contributed by atoms with E-state index in [0.29, 0.717) is 29.3 Å². The molecule has 4 aliphatic carbocycles. The van der Waals surface area contributed by atoms with Gasteiger partial charge in [0.25, 0.3) is 0 Å². The number of thiol groups is 1. The van der Waals surface area contributed by atoms with E-state index in [-0.39, 0.29) is 16.6 Å². The Morgan fingerprint density at radius 2 is 1.87 bits per heavy atom. The SMILES string of the molecule is C[C@]12C(CS)=CC(=O)C=C1CC[C@@H]1[C@@H]2CC[C@]2(C)C(=O)CC[C@@H]12. The number of hydrogen-bond acceptors (Lipinski definition) is 3. The maximum Gasteiger partial charge on any atom is 0.178 e. The van der Waals surface area contributed by atoms with Gasteiger partial charge in [0.05, 0.1) is 0 Å². The van der Waals surface area contributed by atoms with Gasteiger partial charge in [0, 0.05) is 23.0 Å². The summed E-state index contributed by atoms with van der Waals surface area (Å²) in [5.41, 5.74) is 2.44. The molecule has 3 heteroatoms. The van der Waals surface area contributed by atoms with E-state index in [1.807, 2.05) is 12.2 Å². The first kappa shape index (κ1) is 15.7. The number of rotatable bonds is 1. The molecule has 0 heterocycles. The van der Waals surface area contributed by atoms with E-state index in [0.717, 1.165) is 38.5 Å². The fraction of sp³-hybridized carbons (Fsp3) is 0.700. The summed E-state index contributed by atoms with van der Waals surface area (Å²) in [7, 11) is 0. The van der Waals surface area contributed by atoms with E-state index in [2.05, 4.69) is 26.5 Å². The molecule has 0 N–H and O–H groups in total. The number of allylic oxidation sites excluding steroid dienone is 3. The third-order valence-electron chi connectivity index (χ3n) is 7.77. The monoisotopic (exact) mass is 330 g/mol. The Hall–Kier alpha value is -0.830. The Balaban J connectivity index is 1.76. The van der Waals surface area contributed by atoms with E-state index >= 15 is 0 Å². The molecule has 3 saturated carbocycles. The van der Waals surface area contributed by atoms with Crippen LogP contribution in [-0.4, -0.2) is 17.3 Å². The second-order valence-electron chi connectivity index (χ2n) is 8.44. The molecular weight excluding hydrogens is 304 g/mol. The predicted molar refractivity (Wildman–Crippen MR) is 94.4 cm³/mol. The summed E-state index contributed by atoms with van der Waals surface area (Å²) >= 11 is 4.54. The van der Waals surface area contributed by atoms with Crippen molar-refractivity contribution in [1.82, 2.24) is 0 Å². The van der Waals surface area contributed by atoms with Crippen molar-refractivity contribution in [2.75, 3.05) is 5.75 Å². The summed E-state index contributed by atoms with van der Waals surface area (Å²) in [6.07, 6.45) is 9.85. The van der Waals surface area contributed by atoms with Crippen molar-refractivity contribution in [2.24, 2.45) is 28.6 Å². The molecule has 0 aromatic carbocycles. The van der Waals surface area contributed by atoms with Gasteiger partial charge in [0.1, 0.15) is 5.78 Å². The standard InChI is InChI=1S/C20H26O2S/c1-19-8-7-17-15(16(19)5-6-18(19)22)4-3-12-9-14(21)10-13(11-23)20(12,17)2/h9-10,15-17,23H,3-8,11H2,1-2H3/t15-,16-,17-,19-,20+/m0/s1. The van der Waals surface area contributed by atoms with Crippen molar-refractivity contribution in [3.05, 3.63) is 23.3 Å². The van der Waals surface area contributed by atoms with Crippen molar-refractivity contribution < 1.29 is 9.59 Å². The first-order valence-electron chi connectivity index (χ1n) is 9.01. The summed E-state index contributed by atoms with van der Waals surface area (Å²) in [6.45, 7) is 4.56. The molecule has 0 saturated heterocycles. The molecule has 5 atom stereocenters. The average Bonchev–Trinajstić information content (AvgIpc) is 2.83. The lowest BCUT2D eigenvalue weighted by Crippen LogP contribution is -2.51. The average molecular weight is 330 g/mol. The van der Waals surface area contributed by atoms with Crippen LogP contribution in [0.25, 0.3) is 0 Å². The van der Waals surface area contributed by atoms with Gasteiger partial charge in [-0.05, 0) is 67.6 Å². The topological polar surface area (TPSA) is 34.1 Å². The third kappa shape index (κ3) is 1.95. The van der Waals surface area contributed by atoms with Crippen LogP contribution in [0, 0.1) is 28.6 Å². The van der Waals surface area contributed by atoms with Gasteiger partial charge in [-0.1, -0.05) is 19.4 Å². The van der Waals surface area contributed by atoms with Gasteiger partial charge >= 0.3 is 0 Å². The minimum absolute atomic E-state index is 0.00839. The zero-order valence-electron chi connectivity index (χ0n) is 14.1. The zero-order valence-corrected chi connectivity index (χ0v) is 15.0. The van der Waals surface area contributed by atoms with Crippen LogP contribution in [0.3, 0.4) is 0 Å². The van der Waals surface area contributed by atoms with Crippen molar-refractivity contribution in [1.29, 1.82) is 0 Å². The summed E-state index contributed by atoms with van der Waals surface area (Å²) in [4.78, 5) is 24.5. The number of ketones is 2. The van der Waals surface area contributed by atoms with Crippen LogP contribution in [0.5, 0.6) is 0 Å². The number of fused-ring (bicyclic) bond motifs is 5. The van der Waals surface area contributed by atoms with Crippen LogP contribution in [0.1, 0.15) is 52.4 Å². The number of Topliss-reactive ketones (excluding diaryl/α,β-unsaturated/α-hetero) is 1. The van der Waals surface area contributed by atoms with Crippen LogP contribution in [0.4, 0.5) is 0 Å². The fourth-order valence-corrected chi connectivity index (χ4v) is 6.83. The fourth-order valence-electron chi connectivity index (χ4n) is 6.41. The molecule has 0 aliphatic heterocycles. The molecular formula is C20H26O2S. The maximum absolute atomic E-state index is 12.5. The summed E-state index contributed by atoms with van der Waals surface area (Å²) in [6, 6.07) is 0. The van der Waals surface area contributed by atoms with Crippen LogP contribution in [0.15, 0.2) is 23.3 Å². The highest BCUT2D eigenvalue weighted by molar-refractivity contribution is 7.80. The molecule has 4 aliphatic rings. The summed E-state index contributed by atoms with van der Waals surface area (Å²) < 4.78 is 0. The Bertz CT molecular complexity index is 628. The van der Waals surface area contributed by atoms with Crippen molar-refractivity contribution in [3.63, 3.8) is 0 Å². The van der Waals surface area contributed by atoms with Gasteiger partial charge in [-0.15, -0.1) is 0 Å². The largest absolute Gasteiger partial charge is 0.299 e. The van der Waals surface area contributed by atoms with E-state index in [4.69, 9.17) is 0 Å². The normalized spacial score (nSPS) is 45.8. The Morgan fingerprint density at radius 3 is 2.61 bits per heavy atom. The lowest BCUT2D eigenvalue weighted by Gasteiger charge is -2.57. The van der Waals surface area contributed by atoms with Crippen LogP contribution < -0.4 is 0 Å².